The lowest BCUT2D eigenvalue weighted by molar-refractivity contribution is 0.473. The second kappa shape index (κ2) is 7.68. The number of pyridine rings is 3. The molecule has 9 heteroatoms. The maximum atomic E-state index is 6.11. The molecule has 0 aliphatic heterocycles. The second-order valence-electron chi connectivity index (χ2n) is 5.43. The Hall–Kier alpha value is -3.04. The van der Waals surface area contributed by atoms with Gasteiger partial charge in [-0.05, 0) is 37.3 Å². The topological polar surface area (TPSA) is 99.7 Å². The van der Waals surface area contributed by atoms with Crippen LogP contribution in [-0.4, -0.2) is 24.3 Å². The molecular weight excluding hydrogens is 380 g/mol. The van der Waals surface area contributed by atoms with Crippen molar-refractivity contribution < 1.29 is 4.74 Å². The molecule has 0 saturated carbocycles. The number of nitrogen functional groups attached to an aromatic ring is 1. The predicted octanol–water partition coefficient (Wildman–Crippen LogP) is 4.22. The van der Waals surface area contributed by atoms with Crippen LogP contribution in [0.5, 0.6) is 11.5 Å². The van der Waals surface area contributed by atoms with Crippen molar-refractivity contribution in [2.75, 3.05) is 5.73 Å². The summed E-state index contributed by atoms with van der Waals surface area (Å²) in [6.45, 7) is 1.88. The Morgan fingerprint density at radius 3 is 2.67 bits per heavy atom. The molecule has 0 aliphatic rings. The van der Waals surface area contributed by atoms with E-state index in [9.17, 15) is 0 Å². The highest BCUT2D eigenvalue weighted by Crippen LogP contribution is 2.36. The second-order valence-corrected chi connectivity index (χ2v) is 7.31. The van der Waals surface area contributed by atoms with Gasteiger partial charge in [-0.15, -0.1) is 0 Å². The fraction of sp³-hybridized carbons (Fsp3) is 0.0556. The van der Waals surface area contributed by atoms with E-state index in [0.717, 1.165) is 27.1 Å². The minimum absolute atomic E-state index is 0.377. The number of aryl methyl sites for hydroxylation is 1. The van der Waals surface area contributed by atoms with Crippen molar-refractivity contribution in [1.82, 2.24) is 24.3 Å². The van der Waals surface area contributed by atoms with Crippen LogP contribution in [-0.2, 0) is 0 Å². The molecule has 0 amide bonds. The van der Waals surface area contributed by atoms with Gasteiger partial charge in [0.15, 0.2) is 22.4 Å². The van der Waals surface area contributed by atoms with Gasteiger partial charge in [-0.25, -0.2) is 9.97 Å². The summed E-state index contributed by atoms with van der Waals surface area (Å²) in [5.41, 5.74) is 7.03. The molecule has 0 spiro atoms. The Balaban J connectivity index is 1.74. The first-order chi connectivity index (χ1) is 13.2. The van der Waals surface area contributed by atoms with Crippen molar-refractivity contribution in [3.05, 3.63) is 60.7 Å². The van der Waals surface area contributed by atoms with Gasteiger partial charge < -0.3 is 10.5 Å². The summed E-state index contributed by atoms with van der Waals surface area (Å²) in [6.07, 6.45) is 5.22. The van der Waals surface area contributed by atoms with E-state index in [-0.39, 0.29) is 0 Å². The minimum Gasteiger partial charge on any atom is -0.453 e. The Labute approximate surface area is 163 Å². The summed E-state index contributed by atoms with van der Waals surface area (Å²) in [5.74, 6) is 1.61. The van der Waals surface area contributed by atoms with Crippen molar-refractivity contribution in [2.24, 2.45) is 0 Å². The quantitative estimate of drug-likeness (QED) is 0.537. The van der Waals surface area contributed by atoms with Crippen LogP contribution < -0.4 is 10.5 Å². The van der Waals surface area contributed by atoms with Crippen LogP contribution in [0, 0.1) is 6.92 Å². The molecule has 0 aromatic carbocycles. The number of rotatable bonds is 5. The molecule has 4 rings (SSSR count). The summed E-state index contributed by atoms with van der Waals surface area (Å²) in [7, 11) is 0. The highest BCUT2D eigenvalue weighted by molar-refractivity contribution is 7.99. The van der Waals surface area contributed by atoms with E-state index in [4.69, 9.17) is 10.5 Å². The van der Waals surface area contributed by atoms with Gasteiger partial charge in [0.1, 0.15) is 10.8 Å². The first kappa shape index (κ1) is 17.4. The van der Waals surface area contributed by atoms with Crippen LogP contribution in [0.3, 0.4) is 0 Å². The summed E-state index contributed by atoms with van der Waals surface area (Å²) in [5, 5.41) is 1.24. The number of hydrogen-bond acceptors (Lipinski definition) is 9. The SMILES string of the molecule is Cc1ncccc1Oc1cc(Sc2ccccn2)cnc1-c1nsc(N)n1. The van der Waals surface area contributed by atoms with Gasteiger partial charge in [0, 0.05) is 35.0 Å². The van der Waals surface area contributed by atoms with E-state index < -0.39 is 0 Å². The Kier molecular flexibility index (Phi) is 4.95. The molecular formula is C18H14N6OS2. The zero-order chi connectivity index (χ0) is 18.6. The zero-order valence-electron chi connectivity index (χ0n) is 14.2. The number of ether oxygens (including phenoxy) is 1. The summed E-state index contributed by atoms with van der Waals surface area (Å²) >= 11 is 2.61. The van der Waals surface area contributed by atoms with Crippen molar-refractivity contribution >= 4 is 28.4 Å². The van der Waals surface area contributed by atoms with E-state index in [1.54, 1.807) is 18.6 Å². The molecule has 0 bridgehead atoms. The maximum Gasteiger partial charge on any atom is 0.200 e. The molecule has 7 nitrogen and oxygen atoms in total. The molecule has 0 unspecified atom stereocenters. The van der Waals surface area contributed by atoms with Gasteiger partial charge in [-0.2, -0.15) is 9.36 Å². The smallest absolute Gasteiger partial charge is 0.200 e. The average Bonchev–Trinajstić information content (AvgIpc) is 3.11. The van der Waals surface area contributed by atoms with Crippen molar-refractivity contribution in [3.8, 4) is 23.0 Å². The molecule has 0 atom stereocenters. The van der Waals surface area contributed by atoms with E-state index in [1.165, 1.54) is 11.8 Å². The maximum absolute atomic E-state index is 6.11. The highest BCUT2D eigenvalue weighted by atomic mass is 32.2. The molecule has 4 heterocycles. The van der Waals surface area contributed by atoms with E-state index in [1.807, 2.05) is 43.3 Å². The first-order valence-electron chi connectivity index (χ1n) is 7.97. The molecule has 0 radical (unpaired) electrons. The lowest BCUT2D eigenvalue weighted by Gasteiger charge is -2.11. The monoisotopic (exact) mass is 394 g/mol. The molecule has 0 fully saturated rings. The first-order valence-corrected chi connectivity index (χ1v) is 9.56. The molecule has 4 aromatic rings. The van der Waals surface area contributed by atoms with E-state index in [0.29, 0.717) is 28.1 Å². The van der Waals surface area contributed by atoms with Crippen LogP contribution in [0.15, 0.2) is 64.9 Å². The lowest BCUT2D eigenvalue weighted by atomic mass is 10.3. The summed E-state index contributed by atoms with van der Waals surface area (Å²) in [4.78, 5) is 18.2. The Morgan fingerprint density at radius 2 is 1.93 bits per heavy atom. The fourth-order valence-electron chi connectivity index (χ4n) is 2.28. The third kappa shape index (κ3) is 4.04. The number of nitrogens with zero attached hydrogens (tertiary/aromatic N) is 5. The van der Waals surface area contributed by atoms with Gasteiger partial charge in [0.05, 0.1) is 5.69 Å². The molecule has 27 heavy (non-hydrogen) atoms. The van der Waals surface area contributed by atoms with Gasteiger partial charge in [-0.3, -0.25) is 4.98 Å². The van der Waals surface area contributed by atoms with Gasteiger partial charge in [0.25, 0.3) is 0 Å². The molecule has 0 saturated heterocycles. The van der Waals surface area contributed by atoms with Crippen LogP contribution in [0.1, 0.15) is 5.69 Å². The average molecular weight is 394 g/mol. The number of nitrogens with two attached hydrogens (primary N) is 1. The van der Waals surface area contributed by atoms with Crippen molar-refractivity contribution in [3.63, 3.8) is 0 Å². The van der Waals surface area contributed by atoms with Gasteiger partial charge in [0.2, 0.25) is 0 Å². The summed E-state index contributed by atoms with van der Waals surface area (Å²) in [6, 6.07) is 11.3. The third-order valence-corrected chi connectivity index (χ3v) is 4.97. The third-order valence-electron chi connectivity index (χ3n) is 3.52. The van der Waals surface area contributed by atoms with Crippen LogP contribution in [0.25, 0.3) is 11.5 Å². The molecule has 0 aliphatic carbocycles. The molecule has 2 N–H and O–H groups in total. The van der Waals surface area contributed by atoms with Crippen LogP contribution >= 0.6 is 23.3 Å². The van der Waals surface area contributed by atoms with Crippen LogP contribution in [0.2, 0.25) is 0 Å². The Morgan fingerprint density at radius 1 is 1.04 bits per heavy atom. The summed E-state index contributed by atoms with van der Waals surface area (Å²) < 4.78 is 10.4. The number of aromatic nitrogens is 5. The fourth-order valence-corrected chi connectivity index (χ4v) is 3.49. The van der Waals surface area contributed by atoms with Crippen molar-refractivity contribution in [2.45, 2.75) is 16.8 Å². The predicted molar refractivity (Wildman–Crippen MR) is 105 cm³/mol. The zero-order valence-corrected chi connectivity index (χ0v) is 15.9. The van der Waals surface area contributed by atoms with Crippen LogP contribution in [0.4, 0.5) is 5.13 Å². The number of anilines is 1. The largest absolute Gasteiger partial charge is 0.453 e. The van der Waals surface area contributed by atoms with Gasteiger partial charge >= 0.3 is 0 Å². The van der Waals surface area contributed by atoms with Crippen molar-refractivity contribution in [1.29, 1.82) is 0 Å². The number of hydrogen-bond donors (Lipinski definition) is 1. The normalized spacial score (nSPS) is 10.7. The Bertz CT molecular complexity index is 1070. The standard InChI is InChI=1S/C18H14N6OS2/c1-11-13(5-4-8-20-11)25-14-9-12(26-15-6-2-3-7-21-15)10-22-16(14)17-23-18(19)27-24-17/h2-10H,1H3,(H2,19,23,24). The van der Waals surface area contributed by atoms with Gasteiger partial charge in [-0.1, -0.05) is 17.8 Å². The molecule has 134 valence electrons. The minimum atomic E-state index is 0.377. The lowest BCUT2D eigenvalue weighted by Crippen LogP contribution is -1.96. The van der Waals surface area contributed by atoms with E-state index >= 15 is 0 Å². The highest BCUT2D eigenvalue weighted by Gasteiger charge is 2.16. The molecule has 4 aromatic heterocycles. The van der Waals surface area contributed by atoms with E-state index in [2.05, 4.69) is 24.3 Å².